The molecule has 0 spiro atoms. The molecule has 4 fully saturated rings. The number of fused-ring (bicyclic) bond motifs is 4. The highest BCUT2D eigenvalue weighted by Gasteiger charge is 2.56. The lowest BCUT2D eigenvalue weighted by atomic mass is 9.79. The van der Waals surface area contributed by atoms with E-state index >= 15 is 4.39 Å². The molecule has 8 rings (SSSR count). The summed E-state index contributed by atoms with van der Waals surface area (Å²) in [5.74, 6) is -0.394. The monoisotopic (exact) mass is 704 g/mol. The smallest absolute Gasteiger partial charge is 0.410 e. The highest BCUT2D eigenvalue weighted by molar-refractivity contribution is 6.43. The maximum absolute atomic E-state index is 17.1. The van der Waals surface area contributed by atoms with Crippen LogP contribution in [0.4, 0.5) is 14.0 Å². The van der Waals surface area contributed by atoms with Crippen molar-refractivity contribution < 1.29 is 18.7 Å². The summed E-state index contributed by atoms with van der Waals surface area (Å²) in [7, 11) is 0. The van der Waals surface area contributed by atoms with Gasteiger partial charge in [-0.2, -0.15) is 5.26 Å². The second-order valence-electron chi connectivity index (χ2n) is 14.4. The van der Waals surface area contributed by atoms with Crippen molar-refractivity contribution in [3.05, 3.63) is 63.1 Å². The molecule has 0 radical (unpaired) electrons. The summed E-state index contributed by atoms with van der Waals surface area (Å²) in [6, 6.07) is 10.6. The largest absolute Gasteiger partial charge is 0.444 e. The van der Waals surface area contributed by atoms with Crippen LogP contribution in [0.25, 0.3) is 32.9 Å². The Bertz CT molecular complexity index is 2070. The fourth-order valence-corrected chi connectivity index (χ4v) is 8.40. The normalized spacial score (nSPS) is 21.1. The van der Waals surface area contributed by atoms with E-state index in [0.29, 0.717) is 46.9 Å². The van der Waals surface area contributed by atoms with Crippen LogP contribution in [0.15, 0.2) is 30.3 Å². The second-order valence-corrected chi connectivity index (χ2v) is 15.2. The number of nitrogens with zero attached hydrogens (tertiary/aromatic N) is 5. The molecule has 2 aromatic heterocycles. The molecule has 12 heteroatoms. The van der Waals surface area contributed by atoms with Gasteiger partial charge in [-0.1, -0.05) is 35.3 Å². The summed E-state index contributed by atoms with van der Waals surface area (Å²) in [6.45, 7) is 11.2. The third-order valence-corrected chi connectivity index (χ3v) is 11.0. The van der Waals surface area contributed by atoms with Gasteiger partial charge in [-0.15, -0.1) is 0 Å². The van der Waals surface area contributed by atoms with Crippen molar-refractivity contribution in [3.8, 4) is 17.2 Å². The van der Waals surface area contributed by atoms with E-state index in [-0.39, 0.29) is 65.1 Å². The van der Waals surface area contributed by atoms with Gasteiger partial charge in [0, 0.05) is 65.3 Å². The van der Waals surface area contributed by atoms with Crippen molar-refractivity contribution in [2.75, 3.05) is 19.6 Å². The fourth-order valence-electron chi connectivity index (χ4n) is 8.00. The molecule has 1 N–H and O–H groups in total. The summed E-state index contributed by atoms with van der Waals surface area (Å²) in [4.78, 5) is 35.0. The number of benzene rings is 2. The van der Waals surface area contributed by atoms with Crippen LogP contribution in [0, 0.1) is 30.0 Å². The first-order valence-corrected chi connectivity index (χ1v) is 17.6. The molecule has 1 saturated carbocycles. The van der Waals surface area contributed by atoms with Crippen LogP contribution in [0.2, 0.25) is 10.0 Å². The van der Waals surface area contributed by atoms with Crippen LogP contribution in [-0.4, -0.2) is 62.8 Å². The van der Waals surface area contributed by atoms with E-state index < -0.39 is 11.4 Å². The van der Waals surface area contributed by atoms with E-state index in [1.54, 1.807) is 18.2 Å². The molecule has 256 valence electrons. The Morgan fingerprint density at radius 3 is 2.73 bits per heavy atom. The van der Waals surface area contributed by atoms with Crippen molar-refractivity contribution in [3.63, 3.8) is 0 Å². The van der Waals surface area contributed by atoms with Crippen LogP contribution in [0.3, 0.4) is 0 Å². The number of pyridine rings is 1. The maximum atomic E-state index is 17.1. The number of hydrogen-bond donors (Lipinski definition) is 1. The van der Waals surface area contributed by atoms with Gasteiger partial charge < -0.3 is 24.4 Å². The molecule has 4 aromatic rings. The van der Waals surface area contributed by atoms with Gasteiger partial charge in [0.2, 0.25) is 0 Å². The van der Waals surface area contributed by atoms with Gasteiger partial charge in [0.15, 0.2) is 5.82 Å². The van der Waals surface area contributed by atoms with Gasteiger partial charge >= 0.3 is 12.1 Å². The lowest BCUT2D eigenvalue weighted by Gasteiger charge is -2.41. The van der Waals surface area contributed by atoms with Crippen molar-refractivity contribution in [1.82, 2.24) is 24.7 Å². The van der Waals surface area contributed by atoms with E-state index in [1.807, 2.05) is 50.5 Å². The Balaban J connectivity index is 1.49. The summed E-state index contributed by atoms with van der Waals surface area (Å²) >= 11 is 13.0. The third-order valence-electron chi connectivity index (χ3n) is 10.2. The van der Waals surface area contributed by atoms with Gasteiger partial charge in [0.25, 0.3) is 0 Å². The average molecular weight is 706 g/mol. The molecule has 1 aliphatic carbocycles. The molecule has 4 atom stereocenters. The first-order valence-electron chi connectivity index (χ1n) is 16.8. The van der Waals surface area contributed by atoms with E-state index in [9.17, 15) is 14.9 Å². The number of amides is 3. The minimum absolute atomic E-state index is 0.118. The standard InChI is InChI=1S/C37H39Cl2FN6O3/c1-19-24-17-27(20(2)44-14-8-13-42-35(44)47)46(33-22-16-28(33)45(18-22)36(48)49-37(3,4)5)34(24)25-15-21(9-7-12-41)29(31(40)32(25)43-19)23-10-6-11-26(38)30(23)39/h6,10-11,15,17,20,22,28,33H,7-9,13-14,16,18H2,1-5H3,(H,42,47)/t20-,22-,28-,33+/m1/s1. The molecular formula is C37H39Cl2FN6O3. The Kier molecular flexibility index (Phi) is 8.43. The Hall–Kier alpha value is -4.07. The number of aromatic nitrogens is 2. The number of halogens is 3. The van der Waals surface area contributed by atoms with Gasteiger partial charge in [-0.3, -0.25) is 0 Å². The number of rotatable bonds is 6. The van der Waals surface area contributed by atoms with Crippen molar-refractivity contribution in [2.24, 2.45) is 5.92 Å². The second kappa shape index (κ2) is 12.4. The fraction of sp³-hybridized carbons (Fsp3) is 0.459. The van der Waals surface area contributed by atoms with Gasteiger partial charge in [-0.25, -0.2) is 19.0 Å². The summed E-state index contributed by atoms with van der Waals surface area (Å²) in [6.07, 6.45) is 1.76. The number of urea groups is 1. The Morgan fingerprint density at radius 2 is 2.02 bits per heavy atom. The van der Waals surface area contributed by atoms with Gasteiger partial charge in [0.1, 0.15) is 11.1 Å². The van der Waals surface area contributed by atoms with E-state index in [2.05, 4.69) is 22.0 Å². The lowest BCUT2D eigenvalue weighted by molar-refractivity contribution is 0.0208. The molecule has 9 nitrogen and oxygen atoms in total. The summed E-state index contributed by atoms with van der Waals surface area (Å²) < 4.78 is 25.2. The number of ether oxygens (including phenoxy) is 1. The number of carbonyl (C=O) groups excluding carboxylic acids is 2. The highest BCUT2D eigenvalue weighted by atomic mass is 35.5. The molecule has 2 bridgehead atoms. The van der Waals surface area contributed by atoms with Crippen LogP contribution in [0.1, 0.15) is 76.0 Å². The lowest BCUT2D eigenvalue weighted by Crippen LogP contribution is -2.48. The van der Waals surface area contributed by atoms with E-state index in [4.69, 9.17) is 32.9 Å². The molecule has 3 saturated heterocycles. The summed E-state index contributed by atoms with van der Waals surface area (Å²) in [5, 5.41) is 14.5. The number of aryl methyl sites for hydroxylation is 2. The van der Waals surface area contributed by atoms with Crippen LogP contribution < -0.4 is 5.32 Å². The molecule has 5 heterocycles. The Labute approximate surface area is 294 Å². The van der Waals surface area contributed by atoms with Crippen LogP contribution >= 0.6 is 23.2 Å². The Morgan fingerprint density at radius 1 is 1.24 bits per heavy atom. The van der Waals surface area contributed by atoms with E-state index in [1.165, 1.54) is 0 Å². The average Bonchev–Trinajstić information content (AvgIpc) is 3.75. The topological polar surface area (TPSA) is 103 Å². The molecular weight excluding hydrogens is 666 g/mol. The van der Waals surface area contributed by atoms with Gasteiger partial charge in [-0.05, 0) is 77.6 Å². The predicted octanol–water partition coefficient (Wildman–Crippen LogP) is 8.72. The minimum Gasteiger partial charge on any atom is -0.444 e. The SMILES string of the molecule is Cc1nc2c(F)c(-c3cccc(Cl)c3Cl)c(CCC#N)cc2c2c1cc([C@@H](C)N1CCCNC1=O)n2[C@H]1[C@@H]2C[C@H]1N(C(=O)OC(C)(C)C)C2. The zero-order chi connectivity index (χ0) is 34.9. The van der Waals surface area contributed by atoms with Crippen molar-refractivity contribution in [1.29, 1.82) is 5.26 Å². The van der Waals surface area contributed by atoms with Gasteiger partial charge in [0.05, 0.1) is 39.8 Å². The first-order chi connectivity index (χ1) is 23.3. The van der Waals surface area contributed by atoms with Crippen molar-refractivity contribution in [2.45, 2.75) is 84.0 Å². The molecule has 4 aliphatic rings. The molecule has 3 amide bonds. The molecule has 3 aliphatic heterocycles. The third kappa shape index (κ3) is 5.55. The zero-order valence-corrected chi connectivity index (χ0v) is 29.8. The number of hydrogen-bond acceptors (Lipinski definition) is 5. The van der Waals surface area contributed by atoms with E-state index in [0.717, 1.165) is 29.4 Å². The quantitative estimate of drug-likeness (QED) is 0.216. The number of nitrogens with one attached hydrogen (secondary N) is 1. The van der Waals surface area contributed by atoms with Crippen molar-refractivity contribution >= 4 is 57.1 Å². The van der Waals surface area contributed by atoms with Crippen LogP contribution in [-0.2, 0) is 11.2 Å². The zero-order valence-electron chi connectivity index (χ0n) is 28.2. The minimum atomic E-state index is -0.638. The molecule has 49 heavy (non-hydrogen) atoms. The summed E-state index contributed by atoms with van der Waals surface area (Å²) in [5.41, 5.74) is 3.21. The number of carbonyl (C=O) groups is 2. The first kappa shape index (κ1) is 33.4. The number of nitriles is 1. The highest BCUT2D eigenvalue weighted by Crippen LogP contribution is 2.53. The maximum Gasteiger partial charge on any atom is 0.410 e. The predicted molar refractivity (Wildman–Crippen MR) is 188 cm³/mol. The molecule has 0 unspecified atom stereocenters. The molecule has 2 aromatic carbocycles. The van der Waals surface area contributed by atoms with Crippen LogP contribution in [0.5, 0.6) is 0 Å².